The van der Waals surface area contributed by atoms with Crippen molar-refractivity contribution in [1.82, 2.24) is 0 Å². The number of rotatable bonds is 6. The van der Waals surface area contributed by atoms with Gasteiger partial charge in [0.1, 0.15) is 11.6 Å². The standard InChI is InChI=1S/C23H24N2O3/c1-15(2)18-7-5-17(6-8-18)13-20(14-24)22(26)25-21-11-9-19(10-12-21)23(27)28-16(3)4/h5-13,15-16H,1-4H3,(H,25,26)/b20-13-. The Bertz CT molecular complexity index is 902. The van der Waals surface area contributed by atoms with Gasteiger partial charge in [-0.25, -0.2) is 4.79 Å². The third-order valence-corrected chi connectivity index (χ3v) is 4.00. The summed E-state index contributed by atoms with van der Waals surface area (Å²) in [4.78, 5) is 24.2. The van der Waals surface area contributed by atoms with E-state index >= 15 is 0 Å². The van der Waals surface area contributed by atoms with Gasteiger partial charge in [0, 0.05) is 5.69 Å². The quantitative estimate of drug-likeness (QED) is 0.441. The molecule has 2 aromatic rings. The molecule has 0 aliphatic carbocycles. The zero-order valence-corrected chi connectivity index (χ0v) is 16.5. The van der Waals surface area contributed by atoms with E-state index in [0.717, 1.165) is 5.56 Å². The minimum Gasteiger partial charge on any atom is -0.459 e. The first-order chi connectivity index (χ1) is 13.3. The van der Waals surface area contributed by atoms with Crippen LogP contribution < -0.4 is 5.32 Å². The van der Waals surface area contributed by atoms with E-state index in [4.69, 9.17) is 4.74 Å². The lowest BCUT2D eigenvalue weighted by Gasteiger charge is -2.09. The van der Waals surface area contributed by atoms with Crippen molar-refractivity contribution in [3.63, 3.8) is 0 Å². The summed E-state index contributed by atoms with van der Waals surface area (Å²) in [7, 11) is 0. The minimum atomic E-state index is -0.507. The Kier molecular flexibility index (Phi) is 7.11. The van der Waals surface area contributed by atoms with Crippen LogP contribution in [-0.4, -0.2) is 18.0 Å². The van der Waals surface area contributed by atoms with Crippen LogP contribution in [0.25, 0.3) is 6.08 Å². The highest BCUT2D eigenvalue weighted by atomic mass is 16.5. The molecule has 28 heavy (non-hydrogen) atoms. The Morgan fingerprint density at radius 1 is 1.00 bits per heavy atom. The maximum Gasteiger partial charge on any atom is 0.338 e. The molecule has 2 rings (SSSR count). The molecule has 0 fully saturated rings. The molecule has 0 saturated heterocycles. The average Bonchev–Trinajstić information content (AvgIpc) is 2.66. The van der Waals surface area contributed by atoms with Crippen LogP contribution in [-0.2, 0) is 9.53 Å². The van der Waals surface area contributed by atoms with Crippen molar-refractivity contribution in [1.29, 1.82) is 5.26 Å². The lowest BCUT2D eigenvalue weighted by atomic mass is 10.0. The van der Waals surface area contributed by atoms with Crippen molar-refractivity contribution in [2.45, 2.75) is 39.7 Å². The predicted octanol–water partition coefficient (Wildman–Crippen LogP) is 4.92. The van der Waals surface area contributed by atoms with E-state index in [1.54, 1.807) is 44.2 Å². The van der Waals surface area contributed by atoms with Gasteiger partial charge in [-0.1, -0.05) is 38.1 Å². The van der Waals surface area contributed by atoms with Crippen LogP contribution in [0.1, 0.15) is 55.1 Å². The number of amides is 1. The maximum atomic E-state index is 12.4. The lowest BCUT2D eigenvalue weighted by molar-refractivity contribution is -0.112. The van der Waals surface area contributed by atoms with E-state index in [9.17, 15) is 14.9 Å². The zero-order chi connectivity index (χ0) is 20.7. The minimum absolute atomic E-state index is 0.000547. The van der Waals surface area contributed by atoms with Crippen LogP contribution in [0.2, 0.25) is 0 Å². The highest BCUT2D eigenvalue weighted by molar-refractivity contribution is 6.09. The van der Waals surface area contributed by atoms with E-state index in [1.165, 1.54) is 5.56 Å². The molecule has 1 N–H and O–H groups in total. The SMILES string of the molecule is CC(C)OC(=O)c1ccc(NC(=O)/C(C#N)=C\c2ccc(C(C)C)cc2)cc1. The van der Waals surface area contributed by atoms with Gasteiger partial charge in [-0.3, -0.25) is 4.79 Å². The second-order valence-corrected chi connectivity index (χ2v) is 6.98. The number of nitrogens with one attached hydrogen (secondary N) is 1. The molecule has 2 aromatic carbocycles. The Morgan fingerprint density at radius 3 is 2.11 bits per heavy atom. The molecular formula is C23H24N2O3. The van der Waals surface area contributed by atoms with Gasteiger partial charge in [0.05, 0.1) is 11.7 Å². The topological polar surface area (TPSA) is 79.2 Å². The molecular weight excluding hydrogens is 352 g/mol. The van der Waals surface area contributed by atoms with Gasteiger partial charge in [-0.2, -0.15) is 5.26 Å². The molecule has 1 amide bonds. The van der Waals surface area contributed by atoms with Gasteiger partial charge in [-0.05, 0) is 61.2 Å². The molecule has 0 spiro atoms. The summed E-state index contributed by atoms with van der Waals surface area (Å²) in [5.41, 5.74) is 2.86. The first-order valence-corrected chi connectivity index (χ1v) is 9.14. The number of nitrogens with zero attached hydrogens (tertiary/aromatic N) is 1. The number of nitriles is 1. The third-order valence-electron chi connectivity index (χ3n) is 4.00. The van der Waals surface area contributed by atoms with Crippen LogP contribution in [0.4, 0.5) is 5.69 Å². The molecule has 144 valence electrons. The number of ether oxygens (including phenoxy) is 1. The number of hydrogen-bond acceptors (Lipinski definition) is 4. The summed E-state index contributed by atoms with van der Waals surface area (Å²) in [6, 6.07) is 16.0. The Hall–Kier alpha value is -3.39. The van der Waals surface area contributed by atoms with Gasteiger partial charge in [-0.15, -0.1) is 0 Å². The number of esters is 1. The van der Waals surface area contributed by atoms with E-state index in [0.29, 0.717) is 17.2 Å². The molecule has 0 unspecified atom stereocenters. The van der Waals surface area contributed by atoms with Crippen LogP contribution in [0, 0.1) is 11.3 Å². The van der Waals surface area contributed by atoms with Crippen molar-refractivity contribution >= 4 is 23.6 Å². The summed E-state index contributed by atoms with van der Waals surface area (Å²) >= 11 is 0. The van der Waals surface area contributed by atoms with Gasteiger partial charge in [0.15, 0.2) is 0 Å². The van der Waals surface area contributed by atoms with Crippen LogP contribution >= 0.6 is 0 Å². The fourth-order valence-corrected chi connectivity index (χ4v) is 2.46. The predicted molar refractivity (Wildman–Crippen MR) is 110 cm³/mol. The normalized spacial score (nSPS) is 11.2. The van der Waals surface area contributed by atoms with Crippen molar-refractivity contribution in [3.05, 3.63) is 70.8 Å². The van der Waals surface area contributed by atoms with Gasteiger partial charge >= 0.3 is 5.97 Å². The van der Waals surface area contributed by atoms with Crippen molar-refractivity contribution in [2.24, 2.45) is 0 Å². The molecule has 0 aliphatic heterocycles. The Labute approximate surface area is 165 Å². The Morgan fingerprint density at radius 2 is 1.61 bits per heavy atom. The first-order valence-electron chi connectivity index (χ1n) is 9.14. The fourth-order valence-electron chi connectivity index (χ4n) is 2.46. The molecule has 5 nitrogen and oxygen atoms in total. The van der Waals surface area contributed by atoms with Gasteiger partial charge in [0.2, 0.25) is 0 Å². The van der Waals surface area contributed by atoms with Crippen LogP contribution in [0.3, 0.4) is 0 Å². The summed E-state index contributed by atoms with van der Waals surface area (Å²) < 4.78 is 5.12. The number of anilines is 1. The Balaban J connectivity index is 2.09. The third kappa shape index (κ3) is 5.82. The second kappa shape index (κ2) is 9.52. The summed E-state index contributed by atoms with van der Waals surface area (Å²) in [6.07, 6.45) is 1.35. The number of benzene rings is 2. The number of hydrogen-bond donors (Lipinski definition) is 1. The van der Waals surface area contributed by atoms with Crippen LogP contribution in [0.15, 0.2) is 54.1 Å². The van der Waals surface area contributed by atoms with Crippen LogP contribution in [0.5, 0.6) is 0 Å². The number of carbonyl (C=O) groups is 2. The smallest absolute Gasteiger partial charge is 0.338 e. The molecule has 0 saturated carbocycles. The van der Waals surface area contributed by atoms with E-state index in [1.807, 2.05) is 30.3 Å². The summed E-state index contributed by atoms with van der Waals surface area (Å²) in [5.74, 6) is -0.513. The van der Waals surface area contributed by atoms with E-state index in [-0.39, 0.29) is 11.7 Å². The van der Waals surface area contributed by atoms with Gasteiger partial charge < -0.3 is 10.1 Å². The second-order valence-electron chi connectivity index (χ2n) is 6.98. The first kappa shape index (κ1) is 20.9. The largest absolute Gasteiger partial charge is 0.459 e. The maximum absolute atomic E-state index is 12.4. The molecule has 0 aromatic heterocycles. The lowest BCUT2D eigenvalue weighted by Crippen LogP contribution is -2.14. The molecule has 5 heteroatoms. The molecule has 0 radical (unpaired) electrons. The molecule has 0 heterocycles. The van der Waals surface area contributed by atoms with Crippen molar-refractivity contribution < 1.29 is 14.3 Å². The van der Waals surface area contributed by atoms with E-state index in [2.05, 4.69) is 19.2 Å². The average molecular weight is 376 g/mol. The highest BCUT2D eigenvalue weighted by Gasteiger charge is 2.12. The van der Waals surface area contributed by atoms with Crippen molar-refractivity contribution in [3.8, 4) is 6.07 Å². The molecule has 0 atom stereocenters. The highest BCUT2D eigenvalue weighted by Crippen LogP contribution is 2.17. The molecule has 0 aliphatic rings. The van der Waals surface area contributed by atoms with Gasteiger partial charge in [0.25, 0.3) is 5.91 Å². The fraction of sp³-hybridized carbons (Fsp3) is 0.261. The molecule has 0 bridgehead atoms. The summed E-state index contributed by atoms with van der Waals surface area (Å²) in [6.45, 7) is 7.76. The zero-order valence-electron chi connectivity index (χ0n) is 16.5. The van der Waals surface area contributed by atoms with E-state index < -0.39 is 11.9 Å². The summed E-state index contributed by atoms with van der Waals surface area (Å²) in [5, 5.41) is 12.0. The number of carbonyl (C=O) groups excluding carboxylic acids is 2. The monoisotopic (exact) mass is 376 g/mol. The van der Waals surface area contributed by atoms with Crippen molar-refractivity contribution in [2.75, 3.05) is 5.32 Å².